The lowest BCUT2D eigenvalue weighted by atomic mass is 9.90. The number of unbranched alkanes of at least 4 members (excludes halogenated alkanes) is 2. The van der Waals surface area contributed by atoms with Gasteiger partial charge in [0, 0.05) is 0 Å². The SMILES string of the molecule is CCCCc1cccc(CCc2ccccc2)c1CCCC. The Labute approximate surface area is 136 Å². The largest absolute Gasteiger partial charge is 0.0654 e. The van der Waals surface area contributed by atoms with E-state index in [2.05, 4.69) is 62.4 Å². The lowest BCUT2D eigenvalue weighted by molar-refractivity contribution is 0.748. The third-order valence-corrected chi connectivity index (χ3v) is 4.48. The zero-order valence-electron chi connectivity index (χ0n) is 14.3. The first-order valence-electron chi connectivity index (χ1n) is 8.98. The van der Waals surface area contributed by atoms with Gasteiger partial charge in [-0.05, 0) is 60.8 Å². The second-order valence-corrected chi connectivity index (χ2v) is 6.25. The lowest BCUT2D eigenvalue weighted by Gasteiger charge is -2.15. The van der Waals surface area contributed by atoms with Crippen LogP contribution in [0.15, 0.2) is 48.5 Å². The Hall–Kier alpha value is -1.56. The van der Waals surface area contributed by atoms with Crippen LogP contribution in [0.5, 0.6) is 0 Å². The maximum absolute atomic E-state index is 2.35. The number of hydrogen-bond acceptors (Lipinski definition) is 0. The van der Waals surface area contributed by atoms with Crippen molar-refractivity contribution >= 4 is 0 Å². The van der Waals surface area contributed by atoms with Gasteiger partial charge in [0.2, 0.25) is 0 Å². The molecule has 0 heteroatoms. The van der Waals surface area contributed by atoms with Gasteiger partial charge in [0.25, 0.3) is 0 Å². The van der Waals surface area contributed by atoms with Crippen molar-refractivity contribution < 1.29 is 0 Å². The molecule has 0 heterocycles. The van der Waals surface area contributed by atoms with Crippen LogP contribution in [0.1, 0.15) is 61.8 Å². The molecule has 0 aromatic heterocycles. The molecule has 0 saturated carbocycles. The van der Waals surface area contributed by atoms with Crippen molar-refractivity contribution in [2.45, 2.75) is 65.2 Å². The Kier molecular flexibility index (Phi) is 7.22. The van der Waals surface area contributed by atoms with Crippen LogP contribution in [0.2, 0.25) is 0 Å². The first-order valence-corrected chi connectivity index (χ1v) is 8.98. The Morgan fingerprint density at radius 3 is 1.91 bits per heavy atom. The van der Waals surface area contributed by atoms with Crippen molar-refractivity contribution in [3.05, 3.63) is 70.8 Å². The molecule has 0 nitrogen and oxygen atoms in total. The van der Waals surface area contributed by atoms with Crippen LogP contribution < -0.4 is 0 Å². The highest BCUT2D eigenvalue weighted by molar-refractivity contribution is 5.36. The highest BCUT2D eigenvalue weighted by Crippen LogP contribution is 2.21. The number of rotatable bonds is 9. The van der Waals surface area contributed by atoms with Gasteiger partial charge >= 0.3 is 0 Å². The molecule has 0 spiro atoms. The van der Waals surface area contributed by atoms with Crippen LogP contribution in [0, 0.1) is 0 Å². The molecule has 0 atom stereocenters. The van der Waals surface area contributed by atoms with E-state index in [9.17, 15) is 0 Å². The summed E-state index contributed by atoms with van der Waals surface area (Å²) in [6.45, 7) is 4.57. The summed E-state index contributed by atoms with van der Waals surface area (Å²) >= 11 is 0. The molecule has 2 aromatic carbocycles. The molecule has 0 aliphatic rings. The molecule has 0 amide bonds. The summed E-state index contributed by atoms with van der Waals surface area (Å²) in [6.07, 6.45) is 9.99. The molecule has 0 radical (unpaired) electrons. The minimum absolute atomic E-state index is 1.15. The zero-order valence-corrected chi connectivity index (χ0v) is 14.3. The van der Waals surface area contributed by atoms with E-state index in [0.717, 1.165) is 6.42 Å². The van der Waals surface area contributed by atoms with Crippen molar-refractivity contribution in [1.29, 1.82) is 0 Å². The molecule has 118 valence electrons. The summed E-state index contributed by atoms with van der Waals surface area (Å²) in [5.74, 6) is 0. The number of benzene rings is 2. The first-order chi connectivity index (χ1) is 10.8. The summed E-state index contributed by atoms with van der Waals surface area (Å²) in [5, 5.41) is 0. The predicted molar refractivity (Wildman–Crippen MR) is 97.5 cm³/mol. The van der Waals surface area contributed by atoms with E-state index in [1.165, 1.54) is 50.5 Å². The van der Waals surface area contributed by atoms with E-state index in [-0.39, 0.29) is 0 Å². The summed E-state index contributed by atoms with van der Waals surface area (Å²) in [4.78, 5) is 0. The summed E-state index contributed by atoms with van der Waals surface area (Å²) < 4.78 is 0. The van der Waals surface area contributed by atoms with Crippen LogP contribution >= 0.6 is 0 Å². The molecule has 2 rings (SSSR count). The summed E-state index contributed by atoms with van der Waals surface area (Å²) in [7, 11) is 0. The maximum atomic E-state index is 2.35. The average Bonchev–Trinajstić information content (AvgIpc) is 2.57. The molecule has 0 aliphatic heterocycles. The van der Waals surface area contributed by atoms with Crippen LogP contribution in [-0.2, 0) is 25.7 Å². The van der Waals surface area contributed by atoms with Gasteiger partial charge in [-0.2, -0.15) is 0 Å². The van der Waals surface area contributed by atoms with E-state index in [4.69, 9.17) is 0 Å². The second-order valence-electron chi connectivity index (χ2n) is 6.25. The van der Waals surface area contributed by atoms with Crippen molar-refractivity contribution in [2.24, 2.45) is 0 Å². The molecule has 0 bridgehead atoms. The molecule has 0 aliphatic carbocycles. The molecule has 0 saturated heterocycles. The monoisotopic (exact) mass is 294 g/mol. The van der Waals surface area contributed by atoms with E-state index >= 15 is 0 Å². The van der Waals surface area contributed by atoms with Gasteiger partial charge in [0.15, 0.2) is 0 Å². The normalized spacial score (nSPS) is 10.8. The molecule has 0 N–H and O–H groups in total. The third kappa shape index (κ3) is 5.02. The first kappa shape index (κ1) is 16.8. The Morgan fingerprint density at radius 2 is 1.23 bits per heavy atom. The molecule has 2 aromatic rings. The standard InChI is InChI=1S/C22H30/c1-3-5-13-20-14-10-15-21(22(20)16-6-4-2)18-17-19-11-8-7-9-12-19/h7-12,14-15H,3-6,13,16-18H2,1-2H3. The smallest absolute Gasteiger partial charge is 0.0235 e. The predicted octanol–water partition coefficient (Wildman–Crippen LogP) is 6.16. The minimum atomic E-state index is 1.15. The maximum Gasteiger partial charge on any atom is -0.0235 e. The van der Waals surface area contributed by atoms with Crippen LogP contribution in [0.25, 0.3) is 0 Å². The van der Waals surface area contributed by atoms with Crippen LogP contribution in [0.3, 0.4) is 0 Å². The molecule has 22 heavy (non-hydrogen) atoms. The Morgan fingerprint density at radius 1 is 0.591 bits per heavy atom. The number of aryl methyl sites for hydroxylation is 3. The number of hydrogen-bond donors (Lipinski definition) is 0. The van der Waals surface area contributed by atoms with Crippen molar-refractivity contribution in [3.8, 4) is 0 Å². The van der Waals surface area contributed by atoms with Crippen LogP contribution in [-0.4, -0.2) is 0 Å². The van der Waals surface area contributed by atoms with Crippen molar-refractivity contribution in [1.82, 2.24) is 0 Å². The van der Waals surface area contributed by atoms with Crippen molar-refractivity contribution in [2.75, 3.05) is 0 Å². The molecular formula is C22H30. The quantitative estimate of drug-likeness (QED) is 0.520. The van der Waals surface area contributed by atoms with Gasteiger partial charge in [0.1, 0.15) is 0 Å². The zero-order chi connectivity index (χ0) is 15.6. The van der Waals surface area contributed by atoms with Gasteiger partial charge in [-0.25, -0.2) is 0 Å². The molecular weight excluding hydrogens is 264 g/mol. The topological polar surface area (TPSA) is 0 Å². The minimum Gasteiger partial charge on any atom is -0.0654 e. The van der Waals surface area contributed by atoms with E-state index in [1.54, 1.807) is 16.7 Å². The fourth-order valence-electron chi connectivity index (χ4n) is 3.12. The van der Waals surface area contributed by atoms with Gasteiger partial charge in [0.05, 0.1) is 0 Å². The fraction of sp³-hybridized carbons (Fsp3) is 0.455. The van der Waals surface area contributed by atoms with Gasteiger partial charge in [-0.3, -0.25) is 0 Å². The Bertz CT molecular complexity index is 539. The van der Waals surface area contributed by atoms with Gasteiger partial charge in [-0.1, -0.05) is 75.2 Å². The second kappa shape index (κ2) is 9.46. The van der Waals surface area contributed by atoms with E-state index in [1.807, 2.05) is 0 Å². The highest BCUT2D eigenvalue weighted by atomic mass is 14.1. The van der Waals surface area contributed by atoms with Gasteiger partial charge < -0.3 is 0 Å². The van der Waals surface area contributed by atoms with E-state index in [0.29, 0.717) is 0 Å². The van der Waals surface area contributed by atoms with Crippen LogP contribution in [0.4, 0.5) is 0 Å². The molecule has 0 unspecified atom stereocenters. The average molecular weight is 294 g/mol. The highest BCUT2D eigenvalue weighted by Gasteiger charge is 2.08. The summed E-state index contributed by atoms with van der Waals surface area (Å²) in [6, 6.07) is 17.8. The Balaban J connectivity index is 2.13. The van der Waals surface area contributed by atoms with Crippen molar-refractivity contribution in [3.63, 3.8) is 0 Å². The fourth-order valence-corrected chi connectivity index (χ4v) is 3.12. The molecule has 0 fully saturated rings. The summed E-state index contributed by atoms with van der Waals surface area (Å²) in [5.41, 5.74) is 6.27. The van der Waals surface area contributed by atoms with Gasteiger partial charge in [-0.15, -0.1) is 0 Å². The van der Waals surface area contributed by atoms with E-state index < -0.39 is 0 Å². The lowest BCUT2D eigenvalue weighted by Crippen LogP contribution is -2.02. The third-order valence-electron chi connectivity index (χ3n) is 4.48.